The van der Waals surface area contributed by atoms with Crippen LogP contribution < -0.4 is 5.11 Å². The first-order chi connectivity index (χ1) is 11.6. The van der Waals surface area contributed by atoms with Crippen molar-refractivity contribution in [3.63, 3.8) is 0 Å². The van der Waals surface area contributed by atoms with E-state index in [9.17, 15) is 20.1 Å². The van der Waals surface area contributed by atoms with Crippen LogP contribution in [0.5, 0.6) is 0 Å². The van der Waals surface area contributed by atoms with E-state index >= 15 is 0 Å². The van der Waals surface area contributed by atoms with Crippen LogP contribution in [0.25, 0.3) is 0 Å². The molecule has 4 heteroatoms. The number of rotatable bonds is 15. The minimum absolute atomic E-state index is 0.0858. The maximum absolute atomic E-state index is 10.3. The van der Waals surface area contributed by atoms with Crippen molar-refractivity contribution in [3.05, 3.63) is 36.5 Å². The molecule has 0 aliphatic heterocycles. The van der Waals surface area contributed by atoms with Crippen LogP contribution in [0.1, 0.15) is 71.1 Å². The lowest BCUT2D eigenvalue weighted by atomic mass is 10.0. The first-order valence-corrected chi connectivity index (χ1v) is 9.08. The molecule has 0 aromatic rings. The number of aliphatic hydroxyl groups excluding tert-OH is 2. The second-order valence-corrected chi connectivity index (χ2v) is 6.02. The third-order valence-electron chi connectivity index (χ3n) is 3.72. The summed E-state index contributed by atoms with van der Waals surface area (Å²) in [6.07, 6.45) is 18.3. The van der Waals surface area contributed by atoms with Gasteiger partial charge < -0.3 is 20.1 Å². The molecule has 0 rings (SSSR count). The number of aliphatic carboxylic acids is 1. The lowest BCUT2D eigenvalue weighted by Crippen LogP contribution is -2.27. The Morgan fingerprint density at radius 3 is 2.17 bits per heavy atom. The Kier molecular flexibility index (Phi) is 15.5. The fourth-order valence-electron chi connectivity index (χ4n) is 2.21. The van der Waals surface area contributed by atoms with Crippen molar-refractivity contribution in [2.45, 2.75) is 83.3 Å². The fraction of sp³-hybridized carbons (Fsp3) is 0.650. The molecule has 0 radical (unpaired) electrons. The van der Waals surface area contributed by atoms with Crippen molar-refractivity contribution >= 4 is 5.97 Å². The van der Waals surface area contributed by atoms with E-state index in [1.54, 1.807) is 0 Å². The molecular formula is C20H33O4-. The lowest BCUT2D eigenvalue weighted by molar-refractivity contribution is -0.305. The zero-order chi connectivity index (χ0) is 18.0. The Labute approximate surface area is 146 Å². The van der Waals surface area contributed by atoms with Crippen molar-refractivity contribution in [1.82, 2.24) is 0 Å². The monoisotopic (exact) mass is 337 g/mol. The second-order valence-electron chi connectivity index (χ2n) is 6.02. The zero-order valence-corrected chi connectivity index (χ0v) is 14.9. The Balaban J connectivity index is 3.65. The van der Waals surface area contributed by atoms with E-state index in [2.05, 4.69) is 31.2 Å². The van der Waals surface area contributed by atoms with Crippen molar-refractivity contribution in [1.29, 1.82) is 0 Å². The second kappa shape index (κ2) is 16.5. The summed E-state index contributed by atoms with van der Waals surface area (Å²) in [5, 5.41) is 29.7. The Bertz CT molecular complexity index is 385. The summed E-state index contributed by atoms with van der Waals surface area (Å²) in [4.78, 5) is 10.3. The average Bonchev–Trinajstić information content (AvgIpc) is 2.55. The van der Waals surface area contributed by atoms with E-state index in [4.69, 9.17) is 0 Å². The highest BCUT2D eigenvalue weighted by Gasteiger charge is 2.13. The highest BCUT2D eigenvalue weighted by molar-refractivity contribution is 5.64. The van der Waals surface area contributed by atoms with Gasteiger partial charge in [-0.15, -0.1) is 0 Å². The number of unbranched alkanes of at least 4 members (excludes halogenated alkanes) is 3. The van der Waals surface area contributed by atoms with Crippen molar-refractivity contribution < 1.29 is 20.1 Å². The van der Waals surface area contributed by atoms with E-state index in [1.165, 1.54) is 19.3 Å². The first kappa shape index (κ1) is 22.6. The zero-order valence-electron chi connectivity index (χ0n) is 14.9. The lowest BCUT2D eigenvalue weighted by Gasteiger charge is -2.16. The number of hydrogen-bond acceptors (Lipinski definition) is 4. The Morgan fingerprint density at radius 1 is 0.917 bits per heavy atom. The smallest absolute Gasteiger partial charge is 0.0833 e. The molecule has 0 aromatic heterocycles. The fourth-order valence-corrected chi connectivity index (χ4v) is 2.21. The predicted molar refractivity (Wildman–Crippen MR) is 96.3 cm³/mol. The maximum atomic E-state index is 10.3. The number of allylic oxidation sites excluding steroid dienone is 5. The quantitative estimate of drug-likeness (QED) is 0.355. The maximum Gasteiger partial charge on any atom is 0.0833 e. The highest BCUT2D eigenvalue weighted by Crippen LogP contribution is 2.08. The van der Waals surface area contributed by atoms with Gasteiger partial charge in [0, 0.05) is 5.97 Å². The molecule has 2 atom stereocenters. The third kappa shape index (κ3) is 15.5. The topological polar surface area (TPSA) is 80.6 Å². The van der Waals surface area contributed by atoms with Gasteiger partial charge in [-0.05, 0) is 51.4 Å². The molecule has 0 amide bonds. The molecule has 0 aromatic carbocycles. The van der Waals surface area contributed by atoms with Crippen molar-refractivity contribution in [2.24, 2.45) is 0 Å². The van der Waals surface area contributed by atoms with Crippen molar-refractivity contribution in [2.75, 3.05) is 0 Å². The number of carboxylic acids is 1. The van der Waals surface area contributed by atoms with Gasteiger partial charge in [0.25, 0.3) is 0 Å². The molecule has 0 aliphatic carbocycles. The molecule has 0 spiro atoms. The van der Waals surface area contributed by atoms with Crippen LogP contribution in [0.4, 0.5) is 0 Å². The van der Waals surface area contributed by atoms with Crippen molar-refractivity contribution in [3.8, 4) is 0 Å². The van der Waals surface area contributed by atoms with Gasteiger partial charge in [-0.2, -0.15) is 0 Å². The van der Waals surface area contributed by atoms with Gasteiger partial charge in [0.15, 0.2) is 0 Å². The molecule has 0 saturated carbocycles. The molecule has 0 fully saturated rings. The predicted octanol–water partition coefficient (Wildman–Crippen LogP) is 3.05. The van der Waals surface area contributed by atoms with Crippen LogP contribution in [0.3, 0.4) is 0 Å². The molecular weight excluding hydrogens is 304 g/mol. The van der Waals surface area contributed by atoms with Gasteiger partial charge in [0.1, 0.15) is 0 Å². The molecule has 2 unspecified atom stereocenters. The van der Waals surface area contributed by atoms with Gasteiger partial charge >= 0.3 is 0 Å². The number of carbonyl (C=O) groups excluding carboxylic acids is 1. The summed E-state index contributed by atoms with van der Waals surface area (Å²) in [6.45, 7) is 2.21. The van der Waals surface area contributed by atoms with Gasteiger partial charge in [-0.1, -0.05) is 56.2 Å². The molecule has 24 heavy (non-hydrogen) atoms. The number of carboxylic acid groups (broad SMARTS) is 1. The molecule has 0 saturated heterocycles. The van der Waals surface area contributed by atoms with E-state index in [0.29, 0.717) is 12.8 Å². The van der Waals surface area contributed by atoms with Gasteiger partial charge in [0.05, 0.1) is 12.2 Å². The van der Waals surface area contributed by atoms with Crippen LogP contribution in [0, 0.1) is 0 Å². The minimum atomic E-state index is -1.13. The van der Waals surface area contributed by atoms with Crippen LogP contribution in [-0.2, 0) is 4.79 Å². The van der Waals surface area contributed by atoms with E-state index < -0.39 is 18.2 Å². The number of hydrogen-bond donors (Lipinski definition) is 2. The van der Waals surface area contributed by atoms with Crippen LogP contribution >= 0.6 is 0 Å². The van der Waals surface area contributed by atoms with Crippen LogP contribution in [-0.4, -0.2) is 28.4 Å². The summed E-state index contributed by atoms with van der Waals surface area (Å²) in [6, 6.07) is 0. The summed E-state index contributed by atoms with van der Waals surface area (Å²) in [5.41, 5.74) is 0. The molecule has 4 nitrogen and oxygen atoms in total. The van der Waals surface area contributed by atoms with Gasteiger partial charge in [0.2, 0.25) is 0 Å². The SMILES string of the molecule is CCCCC/C=C\C/C=C\C/C=C\CC(O)C(O)CCCC(=O)[O-]. The van der Waals surface area contributed by atoms with Gasteiger partial charge in [-0.25, -0.2) is 0 Å². The summed E-state index contributed by atoms with van der Waals surface area (Å²) >= 11 is 0. The van der Waals surface area contributed by atoms with E-state index in [0.717, 1.165) is 19.3 Å². The summed E-state index contributed by atoms with van der Waals surface area (Å²) in [7, 11) is 0. The standard InChI is InChI=1S/C20H34O4/c1-2-3-4-5-6-7-8-9-10-11-12-13-15-18(21)19(22)16-14-17-20(23)24/h6-7,9-10,12-13,18-19,21-22H,2-5,8,11,14-17H2,1H3,(H,23,24)/p-1/b7-6-,10-9-,13-12-. The normalized spacial score (nSPS) is 14.8. The molecule has 0 aliphatic rings. The summed E-state index contributed by atoms with van der Waals surface area (Å²) in [5.74, 6) is -1.13. The Morgan fingerprint density at radius 2 is 1.54 bits per heavy atom. The number of carbonyl (C=O) groups is 1. The third-order valence-corrected chi connectivity index (χ3v) is 3.72. The first-order valence-electron chi connectivity index (χ1n) is 9.08. The molecule has 2 N–H and O–H groups in total. The largest absolute Gasteiger partial charge is 0.550 e. The van der Waals surface area contributed by atoms with E-state index in [1.807, 2.05) is 12.2 Å². The molecule has 138 valence electrons. The Hall–Kier alpha value is -1.39. The minimum Gasteiger partial charge on any atom is -0.550 e. The summed E-state index contributed by atoms with van der Waals surface area (Å²) < 4.78 is 0. The molecule has 0 bridgehead atoms. The van der Waals surface area contributed by atoms with Crippen LogP contribution in [0.15, 0.2) is 36.5 Å². The van der Waals surface area contributed by atoms with Crippen LogP contribution in [0.2, 0.25) is 0 Å². The van der Waals surface area contributed by atoms with E-state index in [-0.39, 0.29) is 12.8 Å². The number of aliphatic hydroxyl groups is 2. The highest BCUT2D eigenvalue weighted by atomic mass is 16.4. The average molecular weight is 337 g/mol. The van der Waals surface area contributed by atoms with Gasteiger partial charge in [-0.3, -0.25) is 0 Å². The molecule has 0 heterocycles.